The van der Waals surface area contributed by atoms with E-state index in [2.05, 4.69) is 24.1 Å². The predicted molar refractivity (Wildman–Crippen MR) is 139 cm³/mol. The van der Waals surface area contributed by atoms with Crippen LogP contribution >= 0.6 is 23.4 Å². The molecule has 0 aliphatic carbocycles. The molecule has 0 spiro atoms. The molecule has 0 bridgehead atoms. The SMILES string of the molecule is CCCCOC(=O)C1=C(C)Nc2nc(SCC)nn2C1c1cccc(OCc2ccccc2Cl)c1. The number of nitrogens with one attached hydrogen (secondary N) is 1. The molecule has 2 aromatic carbocycles. The minimum Gasteiger partial charge on any atom is -0.489 e. The van der Waals surface area contributed by atoms with Gasteiger partial charge in [-0.3, -0.25) is 0 Å². The monoisotopic (exact) mass is 512 g/mol. The van der Waals surface area contributed by atoms with Crippen LogP contribution < -0.4 is 10.1 Å². The first-order chi connectivity index (χ1) is 17.0. The second-order valence-corrected chi connectivity index (χ2v) is 9.74. The number of hydrogen-bond acceptors (Lipinski definition) is 7. The van der Waals surface area contributed by atoms with Crippen LogP contribution in [0, 0.1) is 0 Å². The maximum atomic E-state index is 13.2. The molecule has 3 aromatic rings. The third kappa shape index (κ3) is 5.82. The molecule has 0 amide bonds. The molecular formula is C26H29ClN4O3S. The van der Waals surface area contributed by atoms with Crippen molar-refractivity contribution in [3.63, 3.8) is 0 Å². The van der Waals surface area contributed by atoms with Crippen molar-refractivity contribution < 1.29 is 14.3 Å². The number of rotatable bonds is 10. The van der Waals surface area contributed by atoms with Crippen LogP contribution in [-0.2, 0) is 16.1 Å². The molecule has 1 aliphatic rings. The zero-order valence-electron chi connectivity index (χ0n) is 20.1. The van der Waals surface area contributed by atoms with Crippen LogP contribution in [0.15, 0.2) is 65.0 Å². The van der Waals surface area contributed by atoms with E-state index in [1.165, 1.54) is 0 Å². The molecule has 184 valence electrons. The standard InChI is InChI=1S/C26H29ClN4O3S/c1-4-6-14-33-24(32)22-17(3)28-25-29-26(35-5-2)30-31(25)23(22)18-11-9-12-20(15-18)34-16-19-10-7-8-13-21(19)27/h7-13,15,23H,4-6,14,16H2,1-3H3,(H,28,29,30). The molecule has 0 radical (unpaired) electrons. The van der Waals surface area contributed by atoms with Gasteiger partial charge in [-0.25, -0.2) is 9.48 Å². The molecule has 1 unspecified atom stereocenters. The maximum Gasteiger partial charge on any atom is 0.338 e. The maximum absolute atomic E-state index is 13.2. The molecule has 0 saturated carbocycles. The Morgan fingerprint density at radius 1 is 1.20 bits per heavy atom. The van der Waals surface area contributed by atoms with Crippen LogP contribution in [0.4, 0.5) is 5.95 Å². The van der Waals surface area contributed by atoms with Gasteiger partial charge in [-0.15, -0.1) is 5.10 Å². The molecule has 0 fully saturated rings. The van der Waals surface area contributed by atoms with Gasteiger partial charge in [0.25, 0.3) is 0 Å². The summed E-state index contributed by atoms with van der Waals surface area (Å²) in [4.78, 5) is 17.8. The number of ether oxygens (including phenoxy) is 2. The van der Waals surface area contributed by atoms with E-state index in [1.807, 2.05) is 55.5 Å². The Hall–Kier alpha value is -2.97. The summed E-state index contributed by atoms with van der Waals surface area (Å²) in [7, 11) is 0. The Labute approximate surface area is 214 Å². The molecule has 1 N–H and O–H groups in total. The normalized spacial score (nSPS) is 14.9. The Morgan fingerprint density at radius 3 is 2.80 bits per heavy atom. The van der Waals surface area contributed by atoms with Gasteiger partial charge >= 0.3 is 5.97 Å². The molecule has 4 rings (SSSR count). The van der Waals surface area contributed by atoms with Crippen molar-refractivity contribution in [2.75, 3.05) is 17.7 Å². The van der Waals surface area contributed by atoms with Crippen molar-refractivity contribution in [1.82, 2.24) is 14.8 Å². The number of hydrogen-bond donors (Lipinski definition) is 1. The molecule has 1 aromatic heterocycles. The second kappa shape index (κ2) is 11.6. The summed E-state index contributed by atoms with van der Waals surface area (Å²) in [6.07, 6.45) is 1.76. The third-order valence-corrected chi connectivity index (χ3v) is 6.67. The lowest BCUT2D eigenvalue weighted by Gasteiger charge is -2.28. The summed E-state index contributed by atoms with van der Waals surface area (Å²) in [6, 6.07) is 14.8. The molecular weight excluding hydrogens is 484 g/mol. The fourth-order valence-electron chi connectivity index (χ4n) is 3.83. The second-order valence-electron chi connectivity index (χ2n) is 8.10. The van der Waals surface area contributed by atoms with E-state index in [4.69, 9.17) is 26.2 Å². The molecule has 0 saturated heterocycles. The quantitative estimate of drug-likeness (QED) is 0.195. The van der Waals surface area contributed by atoms with Crippen molar-refractivity contribution in [3.05, 3.63) is 76.0 Å². The van der Waals surface area contributed by atoms with E-state index < -0.39 is 6.04 Å². The number of carbonyl (C=O) groups excluding carboxylic acids is 1. The average Bonchev–Trinajstić information content (AvgIpc) is 3.25. The Morgan fingerprint density at radius 2 is 2.03 bits per heavy atom. The zero-order chi connectivity index (χ0) is 24.8. The lowest BCUT2D eigenvalue weighted by atomic mass is 9.95. The van der Waals surface area contributed by atoms with Crippen LogP contribution in [0.2, 0.25) is 5.02 Å². The largest absolute Gasteiger partial charge is 0.489 e. The summed E-state index contributed by atoms with van der Waals surface area (Å²) >= 11 is 7.83. The highest BCUT2D eigenvalue weighted by molar-refractivity contribution is 7.99. The molecule has 2 heterocycles. The van der Waals surface area contributed by atoms with Gasteiger partial charge in [0.1, 0.15) is 18.4 Å². The molecule has 7 nitrogen and oxygen atoms in total. The fourth-order valence-corrected chi connectivity index (χ4v) is 4.58. The van der Waals surface area contributed by atoms with Gasteiger partial charge in [-0.05, 0) is 42.9 Å². The number of fused-ring (bicyclic) bond motifs is 1. The first-order valence-electron chi connectivity index (χ1n) is 11.7. The highest BCUT2D eigenvalue weighted by Gasteiger charge is 2.35. The Balaban J connectivity index is 1.68. The number of allylic oxidation sites excluding steroid dienone is 1. The van der Waals surface area contributed by atoms with Crippen molar-refractivity contribution in [3.8, 4) is 5.75 Å². The summed E-state index contributed by atoms with van der Waals surface area (Å²) in [6.45, 7) is 6.69. The number of halogens is 1. The van der Waals surface area contributed by atoms with E-state index in [-0.39, 0.29) is 5.97 Å². The Kier molecular flexibility index (Phi) is 8.36. The van der Waals surface area contributed by atoms with Crippen molar-refractivity contribution >= 4 is 35.3 Å². The highest BCUT2D eigenvalue weighted by atomic mass is 35.5. The van der Waals surface area contributed by atoms with E-state index in [0.717, 1.165) is 29.7 Å². The van der Waals surface area contributed by atoms with Crippen LogP contribution in [0.3, 0.4) is 0 Å². The van der Waals surface area contributed by atoms with E-state index in [9.17, 15) is 4.79 Å². The summed E-state index contributed by atoms with van der Waals surface area (Å²) in [5.74, 6) is 1.75. The van der Waals surface area contributed by atoms with Gasteiger partial charge in [0.05, 0.1) is 12.2 Å². The minimum atomic E-state index is -0.497. The number of esters is 1. The topological polar surface area (TPSA) is 78.3 Å². The predicted octanol–water partition coefficient (Wildman–Crippen LogP) is 6.25. The molecule has 1 atom stereocenters. The van der Waals surface area contributed by atoms with E-state index in [0.29, 0.717) is 46.4 Å². The third-order valence-electron chi connectivity index (χ3n) is 5.58. The fraction of sp³-hybridized carbons (Fsp3) is 0.346. The lowest BCUT2D eigenvalue weighted by molar-refractivity contribution is -0.139. The minimum absolute atomic E-state index is 0.335. The Bertz CT molecular complexity index is 1230. The van der Waals surface area contributed by atoms with Gasteiger partial charge in [-0.1, -0.05) is 74.0 Å². The lowest BCUT2D eigenvalue weighted by Crippen LogP contribution is -2.29. The zero-order valence-corrected chi connectivity index (χ0v) is 21.7. The highest BCUT2D eigenvalue weighted by Crippen LogP contribution is 2.37. The number of thioether (sulfide) groups is 1. The van der Waals surface area contributed by atoms with Gasteiger partial charge in [0, 0.05) is 16.3 Å². The number of benzene rings is 2. The number of anilines is 1. The first kappa shape index (κ1) is 25.1. The van der Waals surface area contributed by atoms with Crippen molar-refractivity contribution in [2.45, 2.75) is 51.4 Å². The van der Waals surface area contributed by atoms with Crippen LogP contribution in [0.1, 0.15) is 50.8 Å². The molecule has 35 heavy (non-hydrogen) atoms. The first-order valence-corrected chi connectivity index (χ1v) is 13.1. The van der Waals surface area contributed by atoms with Crippen molar-refractivity contribution in [1.29, 1.82) is 0 Å². The number of unbranched alkanes of at least 4 members (excludes halogenated alkanes) is 1. The van der Waals surface area contributed by atoms with Crippen LogP contribution in [-0.4, -0.2) is 33.1 Å². The smallest absolute Gasteiger partial charge is 0.338 e. The molecule has 1 aliphatic heterocycles. The van der Waals surface area contributed by atoms with E-state index >= 15 is 0 Å². The van der Waals surface area contributed by atoms with Crippen LogP contribution in [0.25, 0.3) is 0 Å². The van der Waals surface area contributed by atoms with E-state index in [1.54, 1.807) is 16.4 Å². The summed E-state index contributed by atoms with van der Waals surface area (Å²) in [5, 5.41) is 9.25. The molecule has 9 heteroatoms. The average molecular weight is 513 g/mol. The summed E-state index contributed by atoms with van der Waals surface area (Å²) < 4.78 is 13.4. The van der Waals surface area contributed by atoms with Gasteiger partial charge in [-0.2, -0.15) is 4.98 Å². The number of carbonyl (C=O) groups is 1. The van der Waals surface area contributed by atoms with Gasteiger partial charge in [0.15, 0.2) is 0 Å². The van der Waals surface area contributed by atoms with Gasteiger partial charge in [0.2, 0.25) is 11.1 Å². The van der Waals surface area contributed by atoms with Crippen LogP contribution in [0.5, 0.6) is 5.75 Å². The van der Waals surface area contributed by atoms with Crippen molar-refractivity contribution in [2.24, 2.45) is 0 Å². The number of nitrogens with zero attached hydrogens (tertiary/aromatic N) is 3. The summed E-state index contributed by atoms with van der Waals surface area (Å²) in [5.41, 5.74) is 2.96. The van der Waals surface area contributed by atoms with Gasteiger partial charge < -0.3 is 14.8 Å². The number of aromatic nitrogens is 3.